The van der Waals surface area contributed by atoms with Gasteiger partial charge in [0, 0.05) is 0 Å². The third kappa shape index (κ3) is 4.54. The fourth-order valence-corrected chi connectivity index (χ4v) is 0.487. The van der Waals surface area contributed by atoms with Gasteiger partial charge in [-0.15, -0.1) is 0 Å². The Bertz CT molecular complexity index is 178. The van der Waals surface area contributed by atoms with Crippen LogP contribution in [0.15, 0.2) is 0 Å². The Morgan fingerprint density at radius 1 is 1.33 bits per heavy atom. The van der Waals surface area contributed by atoms with Crippen molar-refractivity contribution in [3.05, 3.63) is 0 Å². The lowest BCUT2D eigenvalue weighted by Crippen LogP contribution is -2.39. The monoisotopic (exact) mass is 175 g/mol. The Hall–Kier alpha value is -1.26. The molecule has 70 valence electrons. The Morgan fingerprint density at radius 2 is 1.83 bits per heavy atom. The van der Waals surface area contributed by atoms with Crippen molar-refractivity contribution in [1.29, 1.82) is 0 Å². The molecule has 0 spiro atoms. The number of rotatable bonds is 3. The van der Waals surface area contributed by atoms with Gasteiger partial charge in [-0.05, 0) is 20.8 Å². The van der Waals surface area contributed by atoms with Crippen molar-refractivity contribution < 1.29 is 19.4 Å². The van der Waals surface area contributed by atoms with Crippen molar-refractivity contribution in [2.45, 2.75) is 32.9 Å². The van der Waals surface area contributed by atoms with Gasteiger partial charge in [0.25, 0.3) is 0 Å². The average molecular weight is 175 g/mol. The topological polar surface area (TPSA) is 75.6 Å². The Balaban J connectivity index is 3.77. The van der Waals surface area contributed by atoms with Gasteiger partial charge >= 0.3 is 12.1 Å². The number of amides is 1. The van der Waals surface area contributed by atoms with E-state index in [1.54, 1.807) is 13.8 Å². The van der Waals surface area contributed by atoms with E-state index in [2.05, 4.69) is 10.1 Å². The zero-order valence-electron chi connectivity index (χ0n) is 7.33. The summed E-state index contributed by atoms with van der Waals surface area (Å²) >= 11 is 0. The first-order valence-corrected chi connectivity index (χ1v) is 3.63. The zero-order chi connectivity index (χ0) is 9.72. The van der Waals surface area contributed by atoms with Gasteiger partial charge in [0.05, 0.1) is 6.10 Å². The first-order valence-electron chi connectivity index (χ1n) is 3.63. The summed E-state index contributed by atoms with van der Waals surface area (Å²) in [5, 5.41) is 10.5. The Morgan fingerprint density at radius 3 is 2.17 bits per heavy atom. The number of hydrogen-bond donors (Lipinski definition) is 2. The molecule has 5 heteroatoms. The number of hydrogen-bond acceptors (Lipinski definition) is 3. The van der Waals surface area contributed by atoms with Crippen molar-refractivity contribution in [2.24, 2.45) is 0 Å². The summed E-state index contributed by atoms with van der Waals surface area (Å²) in [5.41, 5.74) is 0. The summed E-state index contributed by atoms with van der Waals surface area (Å²) in [6.45, 7) is 4.74. The summed E-state index contributed by atoms with van der Waals surface area (Å²) in [6.07, 6.45) is -0.953. The minimum absolute atomic E-state index is 0.244. The molecule has 0 radical (unpaired) electrons. The van der Waals surface area contributed by atoms with Crippen LogP contribution >= 0.6 is 0 Å². The number of carboxylic acid groups (broad SMARTS) is 1. The molecule has 0 aromatic heterocycles. The highest BCUT2D eigenvalue weighted by molar-refractivity contribution is 5.79. The SMILES string of the molecule is CC(C)OC(=O)N[C@@H](C)C(=O)O. The van der Waals surface area contributed by atoms with E-state index in [4.69, 9.17) is 5.11 Å². The summed E-state index contributed by atoms with van der Waals surface area (Å²) in [5.74, 6) is -1.09. The van der Waals surface area contributed by atoms with Gasteiger partial charge in [-0.2, -0.15) is 0 Å². The molecular weight excluding hydrogens is 162 g/mol. The van der Waals surface area contributed by atoms with E-state index in [1.807, 2.05) is 0 Å². The molecular formula is C7H13NO4. The molecule has 0 fully saturated rings. The molecule has 0 unspecified atom stereocenters. The minimum atomic E-state index is -1.09. The zero-order valence-corrected chi connectivity index (χ0v) is 7.33. The van der Waals surface area contributed by atoms with Crippen molar-refractivity contribution in [3.8, 4) is 0 Å². The third-order valence-electron chi connectivity index (χ3n) is 1.05. The number of carboxylic acids is 1. The number of alkyl carbamates (subject to hydrolysis) is 1. The largest absolute Gasteiger partial charge is 0.480 e. The Labute approximate surface area is 70.7 Å². The quantitative estimate of drug-likeness (QED) is 0.658. The molecule has 5 nitrogen and oxygen atoms in total. The van der Waals surface area contributed by atoms with E-state index in [-0.39, 0.29) is 6.10 Å². The molecule has 0 aliphatic heterocycles. The number of carbonyl (C=O) groups excluding carboxylic acids is 1. The van der Waals surface area contributed by atoms with E-state index < -0.39 is 18.1 Å². The molecule has 0 aliphatic rings. The van der Waals surface area contributed by atoms with E-state index in [0.29, 0.717) is 0 Å². The number of carbonyl (C=O) groups is 2. The molecule has 1 atom stereocenters. The Kier molecular flexibility index (Phi) is 4.10. The molecule has 1 amide bonds. The van der Waals surface area contributed by atoms with Gasteiger partial charge in [-0.3, -0.25) is 4.79 Å². The second-order valence-corrected chi connectivity index (χ2v) is 2.66. The van der Waals surface area contributed by atoms with Crippen LogP contribution < -0.4 is 5.32 Å². The van der Waals surface area contributed by atoms with Crippen LogP contribution in [0.4, 0.5) is 4.79 Å². The van der Waals surface area contributed by atoms with Gasteiger partial charge in [-0.1, -0.05) is 0 Å². The van der Waals surface area contributed by atoms with E-state index in [1.165, 1.54) is 6.92 Å². The first-order chi connectivity index (χ1) is 5.43. The van der Waals surface area contributed by atoms with Crippen LogP contribution in [-0.2, 0) is 9.53 Å². The minimum Gasteiger partial charge on any atom is -0.480 e. The summed E-state index contributed by atoms with van der Waals surface area (Å²) in [6, 6.07) is -0.920. The molecule has 2 N–H and O–H groups in total. The van der Waals surface area contributed by atoms with Crippen LogP contribution in [0.1, 0.15) is 20.8 Å². The third-order valence-corrected chi connectivity index (χ3v) is 1.05. The van der Waals surface area contributed by atoms with Gasteiger partial charge < -0.3 is 15.2 Å². The van der Waals surface area contributed by atoms with Crippen molar-refractivity contribution in [1.82, 2.24) is 5.32 Å². The molecule has 12 heavy (non-hydrogen) atoms. The van der Waals surface area contributed by atoms with Crippen LogP contribution in [0, 0.1) is 0 Å². The highest BCUT2D eigenvalue weighted by Crippen LogP contribution is 1.90. The van der Waals surface area contributed by atoms with Crippen LogP contribution in [0.3, 0.4) is 0 Å². The molecule has 0 heterocycles. The summed E-state index contributed by atoms with van der Waals surface area (Å²) in [4.78, 5) is 21.0. The number of nitrogens with one attached hydrogen (secondary N) is 1. The normalized spacial score (nSPS) is 12.3. The lowest BCUT2D eigenvalue weighted by Gasteiger charge is -2.11. The van der Waals surface area contributed by atoms with E-state index >= 15 is 0 Å². The maximum absolute atomic E-state index is 10.8. The highest BCUT2D eigenvalue weighted by Gasteiger charge is 2.14. The van der Waals surface area contributed by atoms with Gasteiger partial charge in [0.1, 0.15) is 6.04 Å². The second-order valence-electron chi connectivity index (χ2n) is 2.66. The fraction of sp³-hybridized carbons (Fsp3) is 0.714. The van der Waals surface area contributed by atoms with Crippen LogP contribution in [0.25, 0.3) is 0 Å². The molecule has 0 rings (SSSR count). The lowest BCUT2D eigenvalue weighted by molar-refractivity contribution is -0.138. The summed E-state index contributed by atoms with van der Waals surface area (Å²) < 4.78 is 4.66. The molecule has 0 saturated carbocycles. The molecule has 0 bridgehead atoms. The molecule has 0 aliphatic carbocycles. The first kappa shape index (κ1) is 10.7. The number of ether oxygens (including phenoxy) is 1. The van der Waals surface area contributed by atoms with Crippen molar-refractivity contribution in [2.75, 3.05) is 0 Å². The molecule has 0 aromatic rings. The maximum Gasteiger partial charge on any atom is 0.408 e. The highest BCUT2D eigenvalue weighted by atomic mass is 16.6. The van der Waals surface area contributed by atoms with Gasteiger partial charge in [0.2, 0.25) is 0 Å². The summed E-state index contributed by atoms with van der Waals surface area (Å²) in [7, 11) is 0. The van der Waals surface area contributed by atoms with Crippen LogP contribution in [0.2, 0.25) is 0 Å². The van der Waals surface area contributed by atoms with E-state index in [9.17, 15) is 9.59 Å². The van der Waals surface area contributed by atoms with Crippen molar-refractivity contribution in [3.63, 3.8) is 0 Å². The standard InChI is InChI=1S/C7H13NO4/c1-4(2)12-7(11)8-5(3)6(9)10/h4-5H,1-3H3,(H,8,11)(H,9,10)/t5-/m0/s1. The molecule has 0 saturated heterocycles. The fourth-order valence-electron chi connectivity index (χ4n) is 0.487. The average Bonchev–Trinajstić information content (AvgIpc) is 1.84. The lowest BCUT2D eigenvalue weighted by atomic mass is 10.3. The predicted molar refractivity (Wildman–Crippen MR) is 41.9 cm³/mol. The van der Waals surface area contributed by atoms with Crippen molar-refractivity contribution >= 4 is 12.1 Å². The smallest absolute Gasteiger partial charge is 0.408 e. The van der Waals surface area contributed by atoms with Crippen LogP contribution in [0.5, 0.6) is 0 Å². The second kappa shape index (κ2) is 4.58. The van der Waals surface area contributed by atoms with Gasteiger partial charge in [0.15, 0.2) is 0 Å². The maximum atomic E-state index is 10.8. The van der Waals surface area contributed by atoms with Gasteiger partial charge in [-0.25, -0.2) is 4.79 Å². The molecule has 0 aromatic carbocycles. The number of aliphatic carboxylic acids is 1. The van der Waals surface area contributed by atoms with E-state index in [0.717, 1.165) is 0 Å². The van der Waals surface area contributed by atoms with Crippen LogP contribution in [-0.4, -0.2) is 29.3 Å². The predicted octanol–water partition coefficient (Wildman–Crippen LogP) is 0.594.